The molecule has 0 aliphatic heterocycles. The Labute approximate surface area is 125 Å². The van der Waals surface area contributed by atoms with Crippen LogP contribution < -0.4 is 5.73 Å². The highest BCUT2D eigenvalue weighted by molar-refractivity contribution is 7.80. The van der Waals surface area contributed by atoms with E-state index in [-0.39, 0.29) is 5.41 Å². The first kappa shape index (κ1) is 11.7. The summed E-state index contributed by atoms with van der Waals surface area (Å²) < 4.78 is 0. The van der Waals surface area contributed by atoms with Gasteiger partial charge in [0.05, 0.1) is 4.99 Å². The summed E-state index contributed by atoms with van der Waals surface area (Å²) in [7, 11) is 0. The predicted molar refractivity (Wildman–Crippen MR) is 84.5 cm³/mol. The number of hydrogen-bond acceptors (Lipinski definition) is 1. The Morgan fingerprint density at radius 2 is 1.85 bits per heavy atom. The number of rotatable bonds is 2. The Morgan fingerprint density at radius 3 is 2.50 bits per heavy atom. The molecule has 1 aromatic rings. The van der Waals surface area contributed by atoms with Gasteiger partial charge in [-0.05, 0) is 66.8 Å². The summed E-state index contributed by atoms with van der Waals surface area (Å²) in [6, 6.07) is 11.2. The van der Waals surface area contributed by atoms with E-state index in [9.17, 15) is 0 Å². The largest absolute Gasteiger partial charge is 0.393 e. The summed E-state index contributed by atoms with van der Waals surface area (Å²) in [4.78, 5) is 0.828. The van der Waals surface area contributed by atoms with Crippen LogP contribution in [0.2, 0.25) is 0 Å². The van der Waals surface area contributed by atoms with Crippen LogP contribution in [-0.2, 0) is 5.41 Å². The third kappa shape index (κ3) is 1.11. The Balaban J connectivity index is 1.66. The lowest BCUT2D eigenvalue weighted by Crippen LogP contribution is -2.40. The van der Waals surface area contributed by atoms with Gasteiger partial charge in [0.15, 0.2) is 0 Å². The van der Waals surface area contributed by atoms with Crippen LogP contribution in [0.5, 0.6) is 0 Å². The van der Waals surface area contributed by atoms with E-state index >= 15 is 0 Å². The molecule has 0 radical (unpaired) electrons. The molecule has 5 fully saturated rings. The van der Waals surface area contributed by atoms with E-state index in [4.69, 9.17) is 18.0 Å². The van der Waals surface area contributed by atoms with Gasteiger partial charge in [-0.25, -0.2) is 0 Å². The summed E-state index contributed by atoms with van der Waals surface area (Å²) in [6.07, 6.45) is 8.13. The maximum absolute atomic E-state index is 6.27. The second-order valence-electron chi connectivity index (χ2n) is 7.94. The maximum Gasteiger partial charge on any atom is 0.0793 e. The molecule has 104 valence electrons. The highest BCUT2D eigenvalue weighted by Gasteiger charge is 2.77. The molecule has 4 atom stereocenters. The molecule has 4 unspecified atom stereocenters. The summed E-state index contributed by atoms with van der Waals surface area (Å²) in [6.45, 7) is 0. The predicted octanol–water partition coefficient (Wildman–Crippen LogP) is 3.81. The summed E-state index contributed by atoms with van der Waals surface area (Å²) in [5, 5.41) is 0. The fourth-order valence-electron chi connectivity index (χ4n) is 6.57. The van der Waals surface area contributed by atoms with Crippen LogP contribution >= 0.6 is 12.2 Å². The minimum atomic E-state index is 0.199. The van der Waals surface area contributed by atoms with Crippen molar-refractivity contribution in [2.24, 2.45) is 28.4 Å². The van der Waals surface area contributed by atoms with Crippen LogP contribution in [0.3, 0.4) is 0 Å². The lowest BCUT2D eigenvalue weighted by Gasteiger charge is -2.43. The van der Waals surface area contributed by atoms with Gasteiger partial charge < -0.3 is 5.73 Å². The Hall–Kier alpha value is -0.890. The fraction of sp³-hybridized carbons (Fsp3) is 0.611. The van der Waals surface area contributed by atoms with Gasteiger partial charge in [0, 0.05) is 5.41 Å². The van der Waals surface area contributed by atoms with Gasteiger partial charge in [-0.2, -0.15) is 0 Å². The lowest BCUT2D eigenvalue weighted by atomic mass is 9.61. The van der Waals surface area contributed by atoms with Gasteiger partial charge >= 0.3 is 0 Å². The zero-order valence-corrected chi connectivity index (χ0v) is 12.6. The maximum atomic E-state index is 6.27. The molecule has 5 aliphatic rings. The standard InChI is InChI=1S/C18H21NS/c19-15(20)18-9-13-8-16(11-18,12-4-2-1-3-5-12)10-14(18)17(13)6-7-17/h1-5,13-14H,6-11H2,(H2,19,20). The van der Waals surface area contributed by atoms with Gasteiger partial charge in [-0.3, -0.25) is 0 Å². The summed E-state index contributed by atoms with van der Waals surface area (Å²) in [5.41, 5.74) is 9.05. The number of thiocarbonyl (C=S) groups is 1. The molecule has 6 rings (SSSR count). The lowest BCUT2D eigenvalue weighted by molar-refractivity contribution is 0.146. The Kier molecular flexibility index (Phi) is 1.93. The molecule has 5 saturated carbocycles. The first-order chi connectivity index (χ1) is 9.61. The molecule has 0 saturated heterocycles. The van der Waals surface area contributed by atoms with Crippen molar-refractivity contribution in [3.05, 3.63) is 35.9 Å². The van der Waals surface area contributed by atoms with Crippen molar-refractivity contribution in [1.82, 2.24) is 0 Å². The van der Waals surface area contributed by atoms with Crippen molar-refractivity contribution in [2.45, 2.75) is 43.9 Å². The molecule has 1 aromatic carbocycles. The smallest absolute Gasteiger partial charge is 0.0793 e. The van der Waals surface area contributed by atoms with Crippen molar-refractivity contribution in [2.75, 3.05) is 0 Å². The quantitative estimate of drug-likeness (QED) is 0.835. The van der Waals surface area contributed by atoms with E-state index in [2.05, 4.69) is 30.3 Å². The fourth-order valence-corrected chi connectivity index (χ4v) is 6.87. The molecule has 0 aromatic heterocycles. The zero-order valence-electron chi connectivity index (χ0n) is 11.8. The molecule has 2 N–H and O–H groups in total. The molecule has 0 heterocycles. The first-order valence-electron chi connectivity index (χ1n) is 7.97. The van der Waals surface area contributed by atoms with Crippen molar-refractivity contribution >= 4 is 17.2 Å². The number of hydrogen-bond donors (Lipinski definition) is 1. The first-order valence-corrected chi connectivity index (χ1v) is 8.38. The van der Waals surface area contributed by atoms with E-state index in [0.717, 1.165) is 16.8 Å². The van der Waals surface area contributed by atoms with Crippen LogP contribution in [0.15, 0.2) is 30.3 Å². The highest BCUT2D eigenvalue weighted by Crippen LogP contribution is 2.83. The van der Waals surface area contributed by atoms with Gasteiger partial charge in [-0.15, -0.1) is 0 Å². The van der Waals surface area contributed by atoms with Crippen molar-refractivity contribution in [3.63, 3.8) is 0 Å². The normalized spacial score (nSPS) is 46.0. The molecular formula is C18H21NS. The van der Waals surface area contributed by atoms with Crippen LogP contribution in [0, 0.1) is 22.7 Å². The molecule has 1 nitrogen and oxygen atoms in total. The summed E-state index contributed by atoms with van der Waals surface area (Å²) in [5.74, 6) is 1.67. The second-order valence-corrected chi connectivity index (χ2v) is 8.38. The van der Waals surface area contributed by atoms with Crippen molar-refractivity contribution in [1.29, 1.82) is 0 Å². The molecule has 2 heteroatoms. The van der Waals surface area contributed by atoms with Crippen LogP contribution in [0.25, 0.3) is 0 Å². The molecule has 5 aliphatic carbocycles. The third-order valence-electron chi connectivity index (χ3n) is 7.37. The van der Waals surface area contributed by atoms with Crippen LogP contribution in [0.4, 0.5) is 0 Å². The van der Waals surface area contributed by atoms with E-state index in [1.165, 1.54) is 38.5 Å². The van der Waals surface area contributed by atoms with Crippen molar-refractivity contribution < 1.29 is 0 Å². The van der Waals surface area contributed by atoms with E-state index in [1.807, 2.05) is 0 Å². The van der Waals surface area contributed by atoms with E-state index < -0.39 is 0 Å². The monoisotopic (exact) mass is 283 g/mol. The topological polar surface area (TPSA) is 26.0 Å². The van der Waals surface area contributed by atoms with Crippen molar-refractivity contribution in [3.8, 4) is 0 Å². The molecule has 1 spiro atoms. The minimum absolute atomic E-state index is 0.199. The van der Waals surface area contributed by atoms with E-state index in [1.54, 1.807) is 5.56 Å². The highest BCUT2D eigenvalue weighted by atomic mass is 32.1. The average molecular weight is 283 g/mol. The van der Waals surface area contributed by atoms with Gasteiger partial charge in [0.2, 0.25) is 0 Å². The van der Waals surface area contributed by atoms with Crippen LogP contribution in [-0.4, -0.2) is 4.99 Å². The molecule has 20 heavy (non-hydrogen) atoms. The Morgan fingerprint density at radius 1 is 1.10 bits per heavy atom. The second kappa shape index (κ2) is 3.30. The molecular weight excluding hydrogens is 262 g/mol. The van der Waals surface area contributed by atoms with Crippen LogP contribution in [0.1, 0.15) is 44.1 Å². The SMILES string of the molecule is NC(=S)C12CC3CC(c4ccccc4)(CC1C31CC1)C2. The average Bonchev–Trinajstić information content (AvgIpc) is 3.18. The molecule has 0 amide bonds. The van der Waals surface area contributed by atoms with Gasteiger partial charge in [-0.1, -0.05) is 42.5 Å². The number of benzene rings is 1. The van der Waals surface area contributed by atoms with Gasteiger partial charge in [0.25, 0.3) is 0 Å². The van der Waals surface area contributed by atoms with E-state index in [0.29, 0.717) is 10.8 Å². The molecule has 4 bridgehead atoms. The van der Waals surface area contributed by atoms with Gasteiger partial charge in [0.1, 0.15) is 0 Å². The zero-order chi connectivity index (χ0) is 13.6. The Bertz CT molecular complexity index is 605. The minimum Gasteiger partial charge on any atom is -0.393 e. The third-order valence-corrected chi connectivity index (χ3v) is 7.78. The number of nitrogens with two attached hydrogens (primary N) is 1. The summed E-state index contributed by atoms with van der Waals surface area (Å²) >= 11 is 5.56.